The Bertz CT molecular complexity index is 241. The van der Waals surface area contributed by atoms with Crippen molar-refractivity contribution in [2.75, 3.05) is 12.4 Å². The minimum absolute atomic E-state index is 1.09. The number of anilines is 1. The lowest BCUT2D eigenvalue weighted by Crippen LogP contribution is -1.94. The molecule has 74 valence electrons. The summed E-state index contributed by atoms with van der Waals surface area (Å²) in [4.78, 5) is 0. The Hall–Kier alpha value is -0.980. The van der Waals surface area contributed by atoms with Gasteiger partial charge in [0.1, 0.15) is 0 Å². The fourth-order valence-electron chi connectivity index (χ4n) is 1.23. The second-order valence-corrected chi connectivity index (χ2v) is 2.76. The van der Waals surface area contributed by atoms with Crippen LogP contribution in [0.2, 0.25) is 0 Å². The molecule has 0 atom stereocenters. The first-order chi connectivity index (χ1) is 6.27. The van der Waals surface area contributed by atoms with E-state index in [9.17, 15) is 0 Å². The number of hydrogen-bond acceptors (Lipinski definition) is 1. The van der Waals surface area contributed by atoms with Crippen molar-refractivity contribution in [2.24, 2.45) is 0 Å². The van der Waals surface area contributed by atoms with Crippen molar-refractivity contribution in [3.63, 3.8) is 0 Å². The van der Waals surface area contributed by atoms with Crippen molar-refractivity contribution in [3.05, 3.63) is 29.3 Å². The maximum atomic E-state index is 3.19. The van der Waals surface area contributed by atoms with Crippen molar-refractivity contribution in [2.45, 2.75) is 34.1 Å². The van der Waals surface area contributed by atoms with Crippen molar-refractivity contribution >= 4 is 5.69 Å². The van der Waals surface area contributed by atoms with Gasteiger partial charge in [-0.05, 0) is 30.5 Å². The van der Waals surface area contributed by atoms with Gasteiger partial charge in [0, 0.05) is 12.7 Å². The molecule has 0 aliphatic carbocycles. The predicted octanol–water partition coefficient (Wildman–Crippen LogP) is 3.63. The van der Waals surface area contributed by atoms with Crippen LogP contribution in [-0.2, 0) is 6.42 Å². The van der Waals surface area contributed by atoms with Crippen molar-refractivity contribution in [1.29, 1.82) is 0 Å². The third kappa shape index (κ3) is 3.49. The molecule has 0 fully saturated rings. The zero-order valence-corrected chi connectivity index (χ0v) is 9.44. The van der Waals surface area contributed by atoms with Gasteiger partial charge in [-0.15, -0.1) is 0 Å². The van der Waals surface area contributed by atoms with Crippen LogP contribution in [0.4, 0.5) is 5.69 Å². The highest BCUT2D eigenvalue weighted by Gasteiger charge is 1.96. The van der Waals surface area contributed by atoms with E-state index in [1.807, 2.05) is 20.9 Å². The molecule has 13 heavy (non-hydrogen) atoms. The summed E-state index contributed by atoms with van der Waals surface area (Å²) in [5, 5.41) is 3.19. The monoisotopic (exact) mass is 179 g/mol. The highest BCUT2D eigenvalue weighted by molar-refractivity contribution is 5.52. The highest BCUT2D eigenvalue weighted by atomic mass is 14.8. The lowest BCUT2D eigenvalue weighted by atomic mass is 10.1. The normalized spacial score (nSPS) is 8.69. The largest absolute Gasteiger partial charge is 0.388 e. The number of nitrogens with one attached hydrogen (secondary N) is 1. The average Bonchev–Trinajstić information content (AvgIpc) is 2.20. The molecule has 1 heteroatoms. The van der Waals surface area contributed by atoms with Crippen LogP contribution in [0.25, 0.3) is 0 Å². The van der Waals surface area contributed by atoms with Gasteiger partial charge in [0.25, 0.3) is 0 Å². The van der Waals surface area contributed by atoms with E-state index in [0.29, 0.717) is 0 Å². The summed E-state index contributed by atoms with van der Waals surface area (Å²) in [5.74, 6) is 0. The SMILES string of the molecule is CC.CCc1ccc(C)cc1NC. The van der Waals surface area contributed by atoms with Gasteiger partial charge < -0.3 is 5.32 Å². The molecule has 0 bridgehead atoms. The van der Waals surface area contributed by atoms with E-state index in [-0.39, 0.29) is 0 Å². The Morgan fingerprint density at radius 3 is 2.31 bits per heavy atom. The summed E-state index contributed by atoms with van der Waals surface area (Å²) in [6.07, 6.45) is 1.09. The molecule has 0 unspecified atom stereocenters. The first kappa shape index (κ1) is 12.0. The van der Waals surface area contributed by atoms with Crippen LogP contribution in [0.15, 0.2) is 18.2 Å². The molecule has 1 aromatic carbocycles. The number of aryl methyl sites for hydroxylation is 2. The standard InChI is InChI=1S/C10H15N.C2H6/c1-4-9-6-5-8(2)7-10(9)11-3;1-2/h5-7,11H,4H2,1-3H3;1-2H3. The van der Waals surface area contributed by atoms with Gasteiger partial charge >= 0.3 is 0 Å². The van der Waals surface area contributed by atoms with Crippen molar-refractivity contribution in [1.82, 2.24) is 0 Å². The van der Waals surface area contributed by atoms with Crippen LogP contribution in [0.5, 0.6) is 0 Å². The van der Waals surface area contributed by atoms with Gasteiger partial charge in [0.05, 0.1) is 0 Å². The Balaban J connectivity index is 0.000000671. The third-order valence-corrected chi connectivity index (χ3v) is 1.92. The summed E-state index contributed by atoms with van der Waals surface area (Å²) in [6.45, 7) is 8.28. The van der Waals surface area contributed by atoms with Gasteiger partial charge in [-0.25, -0.2) is 0 Å². The molecule has 1 N–H and O–H groups in total. The maximum absolute atomic E-state index is 3.19. The molecule has 0 aliphatic rings. The number of hydrogen-bond donors (Lipinski definition) is 1. The Labute approximate surface area is 82.2 Å². The molecule has 0 saturated carbocycles. The van der Waals surface area contributed by atoms with E-state index >= 15 is 0 Å². The summed E-state index contributed by atoms with van der Waals surface area (Å²) in [7, 11) is 1.97. The molecule has 0 heterocycles. The lowest BCUT2D eigenvalue weighted by Gasteiger charge is -2.07. The molecule has 0 saturated heterocycles. The molecule has 1 nitrogen and oxygen atoms in total. The zero-order chi connectivity index (χ0) is 10.3. The summed E-state index contributed by atoms with van der Waals surface area (Å²) in [5.41, 5.74) is 3.96. The van der Waals surface area contributed by atoms with Crippen molar-refractivity contribution in [3.8, 4) is 0 Å². The quantitative estimate of drug-likeness (QED) is 0.731. The maximum Gasteiger partial charge on any atom is 0.0372 e. The number of benzene rings is 1. The second kappa shape index (κ2) is 6.53. The molecule has 0 amide bonds. The summed E-state index contributed by atoms with van der Waals surface area (Å²) >= 11 is 0. The fourth-order valence-corrected chi connectivity index (χ4v) is 1.23. The van der Waals surface area contributed by atoms with Crippen molar-refractivity contribution < 1.29 is 0 Å². The molecule has 0 spiro atoms. The van der Waals surface area contributed by atoms with E-state index in [1.54, 1.807) is 0 Å². The smallest absolute Gasteiger partial charge is 0.0372 e. The Morgan fingerprint density at radius 1 is 1.23 bits per heavy atom. The van der Waals surface area contributed by atoms with Crippen LogP contribution in [0, 0.1) is 6.92 Å². The van der Waals surface area contributed by atoms with Gasteiger partial charge in [0.15, 0.2) is 0 Å². The van der Waals surface area contributed by atoms with E-state index < -0.39 is 0 Å². The molecule has 0 aromatic heterocycles. The van der Waals surface area contributed by atoms with E-state index in [0.717, 1.165) is 6.42 Å². The molecule has 1 aromatic rings. The van der Waals surface area contributed by atoms with Crippen LogP contribution in [0.3, 0.4) is 0 Å². The van der Waals surface area contributed by atoms with E-state index in [2.05, 4.69) is 37.4 Å². The molecular weight excluding hydrogens is 158 g/mol. The predicted molar refractivity (Wildman–Crippen MR) is 61.5 cm³/mol. The van der Waals surface area contributed by atoms with Crippen LogP contribution in [-0.4, -0.2) is 7.05 Å². The van der Waals surface area contributed by atoms with Gasteiger partial charge in [-0.2, -0.15) is 0 Å². The van der Waals surface area contributed by atoms with Gasteiger partial charge in [-0.1, -0.05) is 32.9 Å². The topological polar surface area (TPSA) is 12.0 Å². The second-order valence-electron chi connectivity index (χ2n) is 2.76. The molecular formula is C12H21N. The van der Waals surface area contributed by atoms with E-state index in [1.165, 1.54) is 16.8 Å². The minimum atomic E-state index is 1.09. The average molecular weight is 179 g/mol. The van der Waals surface area contributed by atoms with Crippen LogP contribution >= 0.6 is 0 Å². The van der Waals surface area contributed by atoms with Gasteiger partial charge in [-0.3, -0.25) is 0 Å². The van der Waals surface area contributed by atoms with E-state index in [4.69, 9.17) is 0 Å². The fraction of sp³-hybridized carbons (Fsp3) is 0.500. The lowest BCUT2D eigenvalue weighted by molar-refractivity contribution is 1.13. The highest BCUT2D eigenvalue weighted by Crippen LogP contribution is 2.16. The Kier molecular flexibility index (Phi) is 6.03. The summed E-state index contributed by atoms with van der Waals surface area (Å²) in [6, 6.07) is 6.51. The first-order valence-electron chi connectivity index (χ1n) is 5.05. The molecule has 0 aliphatic heterocycles. The Morgan fingerprint density at radius 2 is 1.85 bits per heavy atom. The number of rotatable bonds is 2. The summed E-state index contributed by atoms with van der Waals surface area (Å²) < 4.78 is 0. The van der Waals surface area contributed by atoms with Crippen LogP contribution in [0.1, 0.15) is 31.9 Å². The zero-order valence-electron chi connectivity index (χ0n) is 9.44. The minimum Gasteiger partial charge on any atom is -0.388 e. The van der Waals surface area contributed by atoms with Crippen LogP contribution < -0.4 is 5.32 Å². The third-order valence-electron chi connectivity index (χ3n) is 1.92. The molecule has 0 radical (unpaired) electrons. The first-order valence-corrected chi connectivity index (χ1v) is 5.05. The molecule has 1 rings (SSSR count). The van der Waals surface area contributed by atoms with Gasteiger partial charge in [0.2, 0.25) is 0 Å².